The molecule has 0 N–H and O–H groups in total. The van der Waals surface area contributed by atoms with Gasteiger partial charge in [0, 0.05) is 17.4 Å². The van der Waals surface area contributed by atoms with Crippen molar-refractivity contribution >= 4 is 11.3 Å². The standard InChI is InChI=1S/C15H14FNS/c1-2-3-4-5-7-12-8-6-9-13(15(12)16)14-10-18-11-17-14/h6,8-11H,2-4H2,1H3. The molecule has 0 unspecified atom stereocenters. The molecule has 1 nitrogen and oxygen atoms in total. The minimum atomic E-state index is -0.271. The molecule has 2 rings (SSSR count). The van der Waals surface area contributed by atoms with E-state index >= 15 is 0 Å². The van der Waals surface area contributed by atoms with Crippen LogP contribution in [0, 0.1) is 17.7 Å². The van der Waals surface area contributed by atoms with Crippen LogP contribution in [-0.4, -0.2) is 4.98 Å². The zero-order valence-corrected chi connectivity index (χ0v) is 11.1. The minimum Gasteiger partial charge on any atom is -0.245 e. The maximum atomic E-state index is 14.2. The molecule has 0 saturated heterocycles. The van der Waals surface area contributed by atoms with E-state index in [9.17, 15) is 4.39 Å². The highest BCUT2D eigenvalue weighted by atomic mass is 32.1. The monoisotopic (exact) mass is 259 g/mol. The Morgan fingerprint density at radius 1 is 1.39 bits per heavy atom. The number of rotatable bonds is 3. The quantitative estimate of drug-likeness (QED) is 0.584. The molecule has 0 radical (unpaired) electrons. The summed E-state index contributed by atoms with van der Waals surface area (Å²) in [7, 11) is 0. The Morgan fingerprint density at radius 3 is 3.00 bits per heavy atom. The van der Waals surface area contributed by atoms with Crippen LogP contribution in [0.3, 0.4) is 0 Å². The molecule has 0 aliphatic carbocycles. The molecule has 0 atom stereocenters. The minimum absolute atomic E-state index is 0.271. The summed E-state index contributed by atoms with van der Waals surface area (Å²) in [4.78, 5) is 4.13. The Kier molecular flexibility index (Phi) is 4.49. The Bertz CT molecular complexity index is 564. The van der Waals surface area contributed by atoms with E-state index in [1.54, 1.807) is 17.6 Å². The third-order valence-corrected chi connectivity index (χ3v) is 3.17. The van der Waals surface area contributed by atoms with E-state index < -0.39 is 0 Å². The van der Waals surface area contributed by atoms with Crippen LogP contribution in [0.1, 0.15) is 31.7 Å². The number of unbranched alkanes of at least 4 members (excludes halogenated alkanes) is 2. The molecular formula is C15H14FNS. The van der Waals surface area contributed by atoms with Crippen molar-refractivity contribution in [2.45, 2.75) is 26.2 Å². The van der Waals surface area contributed by atoms with Crippen molar-refractivity contribution in [3.8, 4) is 23.1 Å². The van der Waals surface area contributed by atoms with Gasteiger partial charge in [-0.2, -0.15) is 0 Å². The van der Waals surface area contributed by atoms with Crippen LogP contribution in [-0.2, 0) is 0 Å². The van der Waals surface area contributed by atoms with Crippen molar-refractivity contribution in [2.75, 3.05) is 0 Å². The third-order valence-electron chi connectivity index (χ3n) is 2.59. The van der Waals surface area contributed by atoms with Crippen molar-refractivity contribution in [1.82, 2.24) is 4.98 Å². The Balaban J connectivity index is 2.27. The maximum Gasteiger partial charge on any atom is 0.148 e. The predicted octanol–water partition coefficient (Wildman–Crippen LogP) is 4.49. The van der Waals surface area contributed by atoms with Crippen molar-refractivity contribution < 1.29 is 4.39 Å². The van der Waals surface area contributed by atoms with Gasteiger partial charge in [0.1, 0.15) is 5.82 Å². The van der Waals surface area contributed by atoms with Gasteiger partial charge < -0.3 is 0 Å². The molecule has 1 aromatic heterocycles. The maximum absolute atomic E-state index is 14.2. The van der Waals surface area contributed by atoms with Gasteiger partial charge in [0.05, 0.1) is 16.8 Å². The van der Waals surface area contributed by atoms with E-state index in [1.165, 1.54) is 11.3 Å². The highest BCUT2D eigenvalue weighted by molar-refractivity contribution is 7.07. The van der Waals surface area contributed by atoms with E-state index in [4.69, 9.17) is 0 Å². The first kappa shape index (κ1) is 12.8. The summed E-state index contributed by atoms with van der Waals surface area (Å²) >= 11 is 1.46. The summed E-state index contributed by atoms with van der Waals surface area (Å²) in [6.45, 7) is 2.12. The van der Waals surface area contributed by atoms with Crippen molar-refractivity contribution in [3.05, 3.63) is 40.5 Å². The molecule has 2 aromatic rings. The summed E-state index contributed by atoms with van der Waals surface area (Å²) in [5.74, 6) is 5.64. The number of hydrogen-bond donors (Lipinski definition) is 0. The number of nitrogens with zero attached hydrogens (tertiary/aromatic N) is 1. The Morgan fingerprint density at radius 2 is 2.28 bits per heavy atom. The van der Waals surface area contributed by atoms with Crippen LogP contribution in [0.25, 0.3) is 11.3 Å². The van der Waals surface area contributed by atoms with E-state index in [0.717, 1.165) is 19.3 Å². The summed E-state index contributed by atoms with van der Waals surface area (Å²) in [5.41, 5.74) is 3.36. The van der Waals surface area contributed by atoms with Crippen LogP contribution in [0.2, 0.25) is 0 Å². The smallest absolute Gasteiger partial charge is 0.148 e. The van der Waals surface area contributed by atoms with E-state index in [1.807, 2.05) is 11.4 Å². The van der Waals surface area contributed by atoms with Gasteiger partial charge in [-0.3, -0.25) is 0 Å². The van der Waals surface area contributed by atoms with Gasteiger partial charge in [-0.1, -0.05) is 31.3 Å². The molecular weight excluding hydrogens is 245 g/mol. The first-order valence-electron chi connectivity index (χ1n) is 5.99. The zero-order valence-electron chi connectivity index (χ0n) is 10.2. The highest BCUT2D eigenvalue weighted by Crippen LogP contribution is 2.24. The molecule has 92 valence electrons. The molecule has 3 heteroatoms. The normalized spacial score (nSPS) is 9.89. The zero-order chi connectivity index (χ0) is 12.8. The fraction of sp³-hybridized carbons (Fsp3) is 0.267. The lowest BCUT2D eigenvalue weighted by Crippen LogP contribution is -1.89. The Hall–Kier alpha value is -1.66. The average Bonchev–Trinajstić information content (AvgIpc) is 2.90. The molecule has 0 bridgehead atoms. The molecule has 0 saturated carbocycles. The van der Waals surface area contributed by atoms with Crippen LogP contribution < -0.4 is 0 Å². The van der Waals surface area contributed by atoms with Gasteiger partial charge in [0.2, 0.25) is 0 Å². The second kappa shape index (κ2) is 6.32. The third kappa shape index (κ3) is 2.96. The van der Waals surface area contributed by atoms with Crippen molar-refractivity contribution in [2.24, 2.45) is 0 Å². The second-order valence-corrected chi connectivity index (χ2v) is 4.66. The SMILES string of the molecule is CCCCC#Cc1cccc(-c2cscn2)c1F. The number of thiazole rings is 1. The number of benzene rings is 1. The second-order valence-electron chi connectivity index (χ2n) is 3.95. The average molecular weight is 259 g/mol. The van der Waals surface area contributed by atoms with Crippen LogP contribution in [0.5, 0.6) is 0 Å². The van der Waals surface area contributed by atoms with Crippen LogP contribution in [0.4, 0.5) is 4.39 Å². The van der Waals surface area contributed by atoms with Gasteiger partial charge in [-0.25, -0.2) is 9.37 Å². The highest BCUT2D eigenvalue weighted by Gasteiger charge is 2.09. The van der Waals surface area contributed by atoms with Gasteiger partial charge in [0.15, 0.2) is 0 Å². The molecule has 0 aliphatic rings. The number of aromatic nitrogens is 1. The number of halogens is 1. The molecule has 0 amide bonds. The lowest BCUT2D eigenvalue weighted by molar-refractivity contribution is 0.627. The molecule has 18 heavy (non-hydrogen) atoms. The predicted molar refractivity (Wildman–Crippen MR) is 73.9 cm³/mol. The van der Waals surface area contributed by atoms with Crippen molar-refractivity contribution in [1.29, 1.82) is 0 Å². The fourth-order valence-corrected chi connectivity index (χ4v) is 2.15. The first-order valence-corrected chi connectivity index (χ1v) is 6.93. The first-order chi connectivity index (χ1) is 8.83. The molecule has 0 fully saturated rings. The summed E-state index contributed by atoms with van der Waals surface area (Å²) < 4.78 is 14.2. The largest absolute Gasteiger partial charge is 0.245 e. The van der Waals surface area contributed by atoms with Gasteiger partial charge in [-0.15, -0.1) is 11.3 Å². The molecule has 0 spiro atoms. The van der Waals surface area contributed by atoms with Crippen molar-refractivity contribution in [3.63, 3.8) is 0 Å². The molecule has 1 aromatic carbocycles. The summed E-state index contributed by atoms with van der Waals surface area (Å²) in [6, 6.07) is 5.27. The topological polar surface area (TPSA) is 12.9 Å². The lowest BCUT2D eigenvalue weighted by atomic mass is 10.1. The van der Waals surface area contributed by atoms with Gasteiger partial charge in [0.25, 0.3) is 0 Å². The molecule has 0 aliphatic heterocycles. The Labute approximate surface area is 111 Å². The summed E-state index contributed by atoms with van der Waals surface area (Å²) in [6.07, 6.45) is 2.98. The van der Waals surface area contributed by atoms with Gasteiger partial charge in [-0.05, 0) is 18.6 Å². The van der Waals surface area contributed by atoms with E-state index in [2.05, 4.69) is 23.7 Å². The fourth-order valence-electron chi connectivity index (χ4n) is 1.59. The molecule has 1 heterocycles. The van der Waals surface area contributed by atoms with Crippen LogP contribution in [0.15, 0.2) is 29.1 Å². The van der Waals surface area contributed by atoms with Crippen LogP contribution >= 0.6 is 11.3 Å². The van der Waals surface area contributed by atoms with E-state index in [0.29, 0.717) is 16.8 Å². The summed E-state index contributed by atoms with van der Waals surface area (Å²) in [5, 5.41) is 1.84. The van der Waals surface area contributed by atoms with Gasteiger partial charge >= 0.3 is 0 Å². The number of hydrogen-bond acceptors (Lipinski definition) is 2. The lowest BCUT2D eigenvalue weighted by Gasteiger charge is -2.01. The van der Waals surface area contributed by atoms with E-state index in [-0.39, 0.29) is 5.82 Å².